The summed E-state index contributed by atoms with van der Waals surface area (Å²) in [4.78, 5) is 27.1. The molecule has 1 aliphatic rings. The number of ether oxygens (including phenoxy) is 2. The van der Waals surface area contributed by atoms with Crippen LogP contribution in [0, 0.1) is 0 Å². The number of carbonyl (C=O) groups is 1. The molecular weight excluding hydrogens is 372 g/mol. The van der Waals surface area contributed by atoms with Crippen molar-refractivity contribution < 1.29 is 14.3 Å². The normalized spacial score (nSPS) is 15.5. The number of aromatic nitrogens is 2. The number of methoxy groups -OCH3 is 1. The van der Waals surface area contributed by atoms with Crippen LogP contribution in [0.15, 0.2) is 41.7 Å². The van der Waals surface area contributed by atoms with Gasteiger partial charge in [-0.05, 0) is 30.5 Å². The van der Waals surface area contributed by atoms with Crippen LogP contribution >= 0.6 is 0 Å². The number of aryl methyl sites for hydroxylation is 1. The number of carbonyl (C=O) groups excluding carboxylic acids is 1. The number of amidine groups is 1. The molecule has 9 heteroatoms. The summed E-state index contributed by atoms with van der Waals surface area (Å²) in [5.41, 5.74) is 7.64. The molecule has 0 bridgehead atoms. The van der Waals surface area contributed by atoms with Crippen molar-refractivity contribution in [1.82, 2.24) is 9.97 Å². The summed E-state index contributed by atoms with van der Waals surface area (Å²) in [5.74, 6) is 0.310. The molecule has 0 saturated heterocycles. The standard InChI is InChI=1S/C20H26N6O3/c1-26(9-10-28-2)18-12-22-11-17(25-18)19(27)23-15-6-3-14(4-7-15)5-8-16-13-29-20(21)24-16/h3-4,6-7,11-12,16H,5,8-10,13H2,1-2H3,(H2,21,24)(H,23,27)/t16-/m0/s1. The first-order valence-corrected chi connectivity index (χ1v) is 9.43. The lowest BCUT2D eigenvalue weighted by Gasteiger charge is -2.17. The van der Waals surface area contributed by atoms with Crippen LogP contribution in [0.4, 0.5) is 11.5 Å². The van der Waals surface area contributed by atoms with E-state index in [0.29, 0.717) is 31.3 Å². The number of anilines is 2. The maximum absolute atomic E-state index is 12.5. The van der Waals surface area contributed by atoms with Crippen LogP contribution in [0.3, 0.4) is 0 Å². The molecule has 0 radical (unpaired) electrons. The number of likely N-dealkylation sites (N-methyl/N-ethyl adjacent to an activating group) is 1. The van der Waals surface area contributed by atoms with E-state index in [9.17, 15) is 4.79 Å². The summed E-state index contributed by atoms with van der Waals surface area (Å²) in [6.45, 7) is 1.76. The van der Waals surface area contributed by atoms with E-state index in [1.54, 1.807) is 13.3 Å². The molecule has 0 saturated carbocycles. The number of amides is 1. The highest BCUT2D eigenvalue weighted by Gasteiger charge is 2.16. The summed E-state index contributed by atoms with van der Waals surface area (Å²) in [7, 11) is 3.52. The number of nitrogens with one attached hydrogen (secondary N) is 1. The summed E-state index contributed by atoms with van der Waals surface area (Å²) in [6, 6.07) is 8.10. The molecule has 0 aliphatic carbocycles. The van der Waals surface area contributed by atoms with E-state index >= 15 is 0 Å². The highest BCUT2D eigenvalue weighted by atomic mass is 16.5. The predicted molar refractivity (Wildman–Crippen MR) is 111 cm³/mol. The van der Waals surface area contributed by atoms with Crippen molar-refractivity contribution in [1.29, 1.82) is 0 Å². The summed E-state index contributed by atoms with van der Waals surface area (Å²) in [6.07, 6.45) is 4.80. The summed E-state index contributed by atoms with van der Waals surface area (Å²) < 4.78 is 10.2. The maximum Gasteiger partial charge on any atom is 0.282 e. The molecule has 1 aromatic heterocycles. The Balaban J connectivity index is 1.55. The lowest BCUT2D eigenvalue weighted by molar-refractivity contribution is 0.102. The van der Waals surface area contributed by atoms with E-state index in [1.165, 1.54) is 6.20 Å². The van der Waals surface area contributed by atoms with Gasteiger partial charge in [0.15, 0.2) is 0 Å². The van der Waals surface area contributed by atoms with Gasteiger partial charge in [0.05, 0.1) is 25.0 Å². The van der Waals surface area contributed by atoms with E-state index in [-0.39, 0.29) is 23.7 Å². The monoisotopic (exact) mass is 398 g/mol. The lowest BCUT2D eigenvalue weighted by Crippen LogP contribution is -2.24. The Labute approximate surface area is 170 Å². The first kappa shape index (κ1) is 20.5. The van der Waals surface area contributed by atoms with Gasteiger partial charge < -0.3 is 25.4 Å². The van der Waals surface area contributed by atoms with Crippen molar-refractivity contribution in [2.24, 2.45) is 10.7 Å². The van der Waals surface area contributed by atoms with Crippen LogP contribution in [0.1, 0.15) is 22.5 Å². The molecule has 1 amide bonds. The van der Waals surface area contributed by atoms with E-state index in [4.69, 9.17) is 15.2 Å². The number of benzene rings is 1. The largest absolute Gasteiger partial charge is 0.463 e. The molecule has 2 aromatic rings. The predicted octanol–water partition coefficient (Wildman–Crippen LogP) is 1.46. The first-order valence-electron chi connectivity index (χ1n) is 9.43. The van der Waals surface area contributed by atoms with Crippen LogP contribution in [-0.4, -0.2) is 61.9 Å². The molecule has 1 aromatic carbocycles. The Kier molecular flexibility index (Phi) is 6.96. The minimum absolute atomic E-state index is 0.113. The lowest BCUT2D eigenvalue weighted by atomic mass is 10.1. The smallest absolute Gasteiger partial charge is 0.282 e. The van der Waals surface area contributed by atoms with Gasteiger partial charge in [0.25, 0.3) is 11.9 Å². The van der Waals surface area contributed by atoms with Crippen LogP contribution in [-0.2, 0) is 15.9 Å². The zero-order chi connectivity index (χ0) is 20.6. The molecule has 3 N–H and O–H groups in total. The molecule has 1 aliphatic heterocycles. The van der Waals surface area contributed by atoms with Crippen LogP contribution in [0.25, 0.3) is 0 Å². The Morgan fingerprint density at radius 3 is 2.83 bits per heavy atom. The van der Waals surface area contributed by atoms with Gasteiger partial charge in [-0.15, -0.1) is 0 Å². The number of hydrogen-bond donors (Lipinski definition) is 2. The van der Waals surface area contributed by atoms with Crippen molar-refractivity contribution in [3.05, 3.63) is 47.9 Å². The van der Waals surface area contributed by atoms with Crippen molar-refractivity contribution in [2.75, 3.05) is 44.1 Å². The third kappa shape index (κ3) is 5.89. The van der Waals surface area contributed by atoms with E-state index < -0.39 is 0 Å². The minimum atomic E-state index is -0.305. The molecule has 29 heavy (non-hydrogen) atoms. The van der Waals surface area contributed by atoms with Gasteiger partial charge in [-0.3, -0.25) is 9.78 Å². The molecular formula is C20H26N6O3. The van der Waals surface area contributed by atoms with Gasteiger partial charge in [0.1, 0.15) is 18.1 Å². The SMILES string of the molecule is COCCN(C)c1cncc(C(=O)Nc2ccc(CC[C@H]3COC(N)=N3)cc2)n1. The molecule has 0 fully saturated rings. The van der Waals surface area contributed by atoms with Gasteiger partial charge in [-0.2, -0.15) is 0 Å². The van der Waals surface area contributed by atoms with Gasteiger partial charge >= 0.3 is 0 Å². The number of hydrogen-bond acceptors (Lipinski definition) is 8. The van der Waals surface area contributed by atoms with Crippen LogP contribution in [0.5, 0.6) is 0 Å². The van der Waals surface area contributed by atoms with Crippen molar-refractivity contribution in [2.45, 2.75) is 18.9 Å². The maximum atomic E-state index is 12.5. The average Bonchev–Trinajstić information content (AvgIpc) is 3.16. The number of nitrogens with zero attached hydrogens (tertiary/aromatic N) is 4. The van der Waals surface area contributed by atoms with Crippen molar-refractivity contribution >= 4 is 23.4 Å². The second kappa shape index (κ2) is 9.83. The molecule has 3 rings (SSSR count). The van der Waals surface area contributed by atoms with Crippen LogP contribution < -0.4 is 16.0 Å². The van der Waals surface area contributed by atoms with E-state index in [0.717, 1.165) is 18.4 Å². The fourth-order valence-corrected chi connectivity index (χ4v) is 2.86. The first-order chi connectivity index (χ1) is 14.0. The van der Waals surface area contributed by atoms with Gasteiger partial charge in [-0.1, -0.05) is 12.1 Å². The minimum Gasteiger partial charge on any atom is -0.463 e. The van der Waals surface area contributed by atoms with Crippen molar-refractivity contribution in [3.8, 4) is 0 Å². The highest BCUT2D eigenvalue weighted by Crippen LogP contribution is 2.16. The molecule has 0 spiro atoms. The fourth-order valence-electron chi connectivity index (χ4n) is 2.86. The second-order valence-electron chi connectivity index (χ2n) is 6.80. The molecule has 1 atom stereocenters. The molecule has 2 heterocycles. The Hall–Kier alpha value is -3.20. The van der Waals surface area contributed by atoms with Crippen LogP contribution in [0.2, 0.25) is 0 Å². The van der Waals surface area contributed by atoms with Crippen molar-refractivity contribution in [3.63, 3.8) is 0 Å². The van der Waals surface area contributed by atoms with Gasteiger partial charge in [-0.25, -0.2) is 9.98 Å². The molecule has 9 nitrogen and oxygen atoms in total. The number of rotatable bonds is 9. The summed E-state index contributed by atoms with van der Waals surface area (Å²) in [5, 5.41) is 2.85. The molecule has 154 valence electrons. The Bertz CT molecular complexity index is 856. The fraction of sp³-hybridized carbons (Fsp3) is 0.400. The third-order valence-electron chi connectivity index (χ3n) is 4.59. The van der Waals surface area contributed by atoms with Gasteiger partial charge in [0, 0.05) is 26.4 Å². The topological polar surface area (TPSA) is 115 Å². The Morgan fingerprint density at radius 1 is 1.34 bits per heavy atom. The Morgan fingerprint density at radius 2 is 2.14 bits per heavy atom. The third-order valence-corrected chi connectivity index (χ3v) is 4.59. The highest BCUT2D eigenvalue weighted by molar-refractivity contribution is 6.02. The van der Waals surface area contributed by atoms with E-state index in [2.05, 4.69) is 20.3 Å². The quantitative estimate of drug-likeness (QED) is 0.657. The number of aliphatic imine (C=N–C) groups is 1. The average molecular weight is 398 g/mol. The van der Waals surface area contributed by atoms with Gasteiger partial charge in [0.2, 0.25) is 0 Å². The summed E-state index contributed by atoms with van der Waals surface area (Å²) >= 11 is 0. The zero-order valence-corrected chi connectivity index (χ0v) is 16.7. The number of nitrogens with two attached hydrogens (primary N) is 1. The second-order valence-corrected chi connectivity index (χ2v) is 6.80. The van der Waals surface area contributed by atoms with E-state index in [1.807, 2.05) is 36.2 Å². The molecule has 0 unspecified atom stereocenters. The zero-order valence-electron chi connectivity index (χ0n) is 16.7.